The fourth-order valence-corrected chi connectivity index (χ4v) is 2.67. The van der Waals surface area contributed by atoms with Crippen molar-refractivity contribution in [3.63, 3.8) is 0 Å². The number of benzene rings is 1. The maximum absolute atomic E-state index is 5.62. The van der Waals surface area contributed by atoms with E-state index < -0.39 is 0 Å². The van der Waals surface area contributed by atoms with Gasteiger partial charge in [-0.25, -0.2) is 0 Å². The molecule has 5 heteroatoms. The van der Waals surface area contributed by atoms with Gasteiger partial charge < -0.3 is 5.73 Å². The molecule has 0 atom stereocenters. The zero-order valence-electron chi connectivity index (χ0n) is 10.4. The van der Waals surface area contributed by atoms with E-state index in [0.29, 0.717) is 6.54 Å². The van der Waals surface area contributed by atoms with Crippen LogP contribution in [0.1, 0.15) is 22.5 Å². The van der Waals surface area contributed by atoms with Crippen molar-refractivity contribution in [3.05, 3.63) is 49.7 Å². The smallest absolute Gasteiger partial charge is 0.0738 e. The molecule has 0 aliphatic rings. The van der Waals surface area contributed by atoms with Crippen molar-refractivity contribution >= 4 is 31.9 Å². The van der Waals surface area contributed by atoms with Crippen LogP contribution in [0.5, 0.6) is 0 Å². The molecular formula is C13H15Br2N3. The van der Waals surface area contributed by atoms with E-state index in [2.05, 4.69) is 62.1 Å². The summed E-state index contributed by atoms with van der Waals surface area (Å²) in [6, 6.07) is 6.22. The third-order valence-corrected chi connectivity index (χ3v) is 4.85. The second kappa shape index (κ2) is 5.55. The minimum absolute atomic E-state index is 0.560. The van der Waals surface area contributed by atoms with Crippen molar-refractivity contribution < 1.29 is 0 Å². The molecule has 3 nitrogen and oxygen atoms in total. The number of aromatic nitrogens is 2. The van der Waals surface area contributed by atoms with Gasteiger partial charge in [-0.1, -0.05) is 28.1 Å². The molecule has 0 bridgehead atoms. The Balaban J connectivity index is 2.31. The first-order valence-electron chi connectivity index (χ1n) is 5.69. The van der Waals surface area contributed by atoms with Crippen LogP contribution < -0.4 is 5.73 Å². The fraction of sp³-hybridized carbons (Fsp3) is 0.308. The standard InChI is InChI=1S/C13H15Br2N3/c1-8-13(15)9(2)18(17-8)7-11-4-3-10(6-16)5-12(11)14/h3-5H,6-7,16H2,1-2H3. The van der Waals surface area contributed by atoms with Crippen molar-refractivity contribution in [2.45, 2.75) is 26.9 Å². The Labute approximate surface area is 124 Å². The van der Waals surface area contributed by atoms with Crippen LogP contribution in [-0.2, 0) is 13.1 Å². The van der Waals surface area contributed by atoms with Gasteiger partial charge in [0.2, 0.25) is 0 Å². The Morgan fingerprint density at radius 1 is 1.28 bits per heavy atom. The number of nitrogens with zero attached hydrogens (tertiary/aromatic N) is 2. The molecule has 2 rings (SSSR count). The molecule has 1 aromatic carbocycles. The first kappa shape index (κ1) is 13.8. The van der Waals surface area contributed by atoms with Crippen LogP contribution in [0.15, 0.2) is 27.1 Å². The van der Waals surface area contributed by atoms with Crippen molar-refractivity contribution in [2.75, 3.05) is 0 Å². The third kappa shape index (κ3) is 2.68. The number of aryl methyl sites for hydroxylation is 1. The van der Waals surface area contributed by atoms with Gasteiger partial charge in [-0.15, -0.1) is 0 Å². The van der Waals surface area contributed by atoms with E-state index >= 15 is 0 Å². The van der Waals surface area contributed by atoms with E-state index in [0.717, 1.165) is 32.4 Å². The van der Waals surface area contributed by atoms with Crippen LogP contribution >= 0.6 is 31.9 Å². The predicted molar refractivity (Wildman–Crippen MR) is 80.5 cm³/mol. The Bertz CT molecular complexity index is 576. The van der Waals surface area contributed by atoms with Gasteiger partial charge in [-0.3, -0.25) is 4.68 Å². The molecule has 96 valence electrons. The summed E-state index contributed by atoms with van der Waals surface area (Å²) in [7, 11) is 0. The van der Waals surface area contributed by atoms with E-state index in [1.807, 2.05) is 11.6 Å². The molecule has 0 aliphatic carbocycles. The predicted octanol–water partition coefficient (Wildman–Crippen LogP) is 3.53. The number of hydrogen-bond donors (Lipinski definition) is 1. The number of halogens is 2. The molecule has 0 amide bonds. The van der Waals surface area contributed by atoms with Gasteiger partial charge in [-0.2, -0.15) is 5.10 Å². The first-order valence-corrected chi connectivity index (χ1v) is 7.28. The lowest BCUT2D eigenvalue weighted by Gasteiger charge is -2.08. The largest absolute Gasteiger partial charge is 0.326 e. The molecule has 0 saturated heterocycles. The molecule has 18 heavy (non-hydrogen) atoms. The average molecular weight is 373 g/mol. The Morgan fingerprint density at radius 3 is 2.50 bits per heavy atom. The molecule has 1 heterocycles. The topological polar surface area (TPSA) is 43.8 Å². The normalized spacial score (nSPS) is 10.9. The summed E-state index contributed by atoms with van der Waals surface area (Å²) in [5.74, 6) is 0. The van der Waals surface area contributed by atoms with Crippen molar-refractivity contribution in [2.24, 2.45) is 5.73 Å². The van der Waals surface area contributed by atoms with Gasteiger partial charge in [0.15, 0.2) is 0 Å². The fourth-order valence-electron chi connectivity index (χ4n) is 1.84. The molecule has 0 spiro atoms. The minimum Gasteiger partial charge on any atom is -0.326 e. The average Bonchev–Trinajstić information content (AvgIpc) is 2.59. The lowest BCUT2D eigenvalue weighted by Crippen LogP contribution is -2.05. The third-order valence-electron chi connectivity index (χ3n) is 2.97. The van der Waals surface area contributed by atoms with Gasteiger partial charge in [0.25, 0.3) is 0 Å². The highest BCUT2D eigenvalue weighted by molar-refractivity contribution is 9.10. The van der Waals surface area contributed by atoms with Crippen LogP contribution in [0.3, 0.4) is 0 Å². The minimum atomic E-state index is 0.560. The molecule has 2 aromatic rings. The van der Waals surface area contributed by atoms with Crippen molar-refractivity contribution in [1.82, 2.24) is 9.78 Å². The van der Waals surface area contributed by atoms with Crippen LogP contribution in [0.25, 0.3) is 0 Å². The zero-order valence-corrected chi connectivity index (χ0v) is 13.5. The van der Waals surface area contributed by atoms with Gasteiger partial charge in [-0.05, 0) is 47.0 Å². The molecule has 0 fully saturated rings. The van der Waals surface area contributed by atoms with Crippen LogP contribution in [0.2, 0.25) is 0 Å². The second-order valence-electron chi connectivity index (χ2n) is 4.27. The molecule has 0 unspecified atom stereocenters. The van der Waals surface area contributed by atoms with Gasteiger partial charge in [0, 0.05) is 11.0 Å². The van der Waals surface area contributed by atoms with Gasteiger partial charge in [0.1, 0.15) is 0 Å². The second-order valence-corrected chi connectivity index (χ2v) is 5.92. The quantitative estimate of drug-likeness (QED) is 0.895. The van der Waals surface area contributed by atoms with Crippen LogP contribution in [-0.4, -0.2) is 9.78 Å². The Morgan fingerprint density at radius 2 is 2.00 bits per heavy atom. The highest BCUT2D eigenvalue weighted by atomic mass is 79.9. The van der Waals surface area contributed by atoms with E-state index in [-0.39, 0.29) is 0 Å². The molecule has 0 aliphatic heterocycles. The summed E-state index contributed by atoms with van der Waals surface area (Å²) < 4.78 is 4.16. The number of rotatable bonds is 3. The van der Waals surface area contributed by atoms with Gasteiger partial charge >= 0.3 is 0 Å². The monoisotopic (exact) mass is 371 g/mol. The van der Waals surface area contributed by atoms with Crippen molar-refractivity contribution in [1.29, 1.82) is 0 Å². The van der Waals surface area contributed by atoms with Gasteiger partial charge in [0.05, 0.1) is 22.4 Å². The lowest BCUT2D eigenvalue weighted by molar-refractivity contribution is 0.657. The maximum atomic E-state index is 5.62. The highest BCUT2D eigenvalue weighted by Gasteiger charge is 2.10. The Hall–Kier alpha value is -0.650. The summed E-state index contributed by atoms with van der Waals surface area (Å²) in [5, 5.41) is 4.51. The Kier molecular flexibility index (Phi) is 4.25. The number of nitrogens with two attached hydrogens (primary N) is 1. The van der Waals surface area contributed by atoms with E-state index in [1.54, 1.807) is 0 Å². The molecule has 2 N–H and O–H groups in total. The zero-order chi connectivity index (χ0) is 13.3. The summed E-state index contributed by atoms with van der Waals surface area (Å²) in [5.41, 5.74) is 10.1. The summed E-state index contributed by atoms with van der Waals surface area (Å²) in [4.78, 5) is 0. The van der Waals surface area contributed by atoms with E-state index in [1.165, 1.54) is 5.56 Å². The lowest BCUT2D eigenvalue weighted by atomic mass is 10.1. The summed E-state index contributed by atoms with van der Waals surface area (Å²) in [6.07, 6.45) is 0. The molecule has 0 radical (unpaired) electrons. The highest BCUT2D eigenvalue weighted by Crippen LogP contribution is 2.23. The summed E-state index contributed by atoms with van der Waals surface area (Å²) >= 11 is 7.13. The maximum Gasteiger partial charge on any atom is 0.0738 e. The van der Waals surface area contributed by atoms with Crippen LogP contribution in [0, 0.1) is 13.8 Å². The van der Waals surface area contributed by atoms with E-state index in [4.69, 9.17) is 5.73 Å². The van der Waals surface area contributed by atoms with Crippen LogP contribution in [0.4, 0.5) is 0 Å². The number of hydrogen-bond acceptors (Lipinski definition) is 2. The molecule has 0 saturated carbocycles. The first-order chi connectivity index (χ1) is 8.52. The summed E-state index contributed by atoms with van der Waals surface area (Å²) in [6.45, 7) is 5.38. The SMILES string of the molecule is Cc1nn(Cc2ccc(CN)cc2Br)c(C)c1Br. The van der Waals surface area contributed by atoms with E-state index in [9.17, 15) is 0 Å². The molecular weight excluding hydrogens is 358 g/mol. The molecule has 1 aromatic heterocycles. The van der Waals surface area contributed by atoms with Crippen molar-refractivity contribution in [3.8, 4) is 0 Å².